The third-order valence-corrected chi connectivity index (χ3v) is 3.20. The summed E-state index contributed by atoms with van der Waals surface area (Å²) in [6.07, 6.45) is 1.99. The van der Waals surface area contributed by atoms with E-state index in [1.165, 1.54) is 12.1 Å². The highest BCUT2D eigenvalue weighted by molar-refractivity contribution is 5.93. The average Bonchev–Trinajstić information content (AvgIpc) is 2.38. The number of carbonyl (C=O) groups excluding carboxylic acids is 1. The van der Waals surface area contributed by atoms with Crippen molar-refractivity contribution in [2.24, 2.45) is 5.92 Å². The number of amides is 2. The molecule has 0 radical (unpaired) electrons. The Balaban J connectivity index is 2.54. The number of carboxylic acids is 1. The summed E-state index contributed by atoms with van der Waals surface area (Å²) < 4.78 is 0. The van der Waals surface area contributed by atoms with Gasteiger partial charge >= 0.3 is 12.0 Å². The lowest BCUT2D eigenvalue weighted by molar-refractivity contribution is 0.0697. The number of aromatic carboxylic acids is 1. The van der Waals surface area contributed by atoms with Gasteiger partial charge in [-0.15, -0.1) is 0 Å². The van der Waals surface area contributed by atoms with Gasteiger partial charge in [-0.1, -0.05) is 26.3 Å². The maximum absolute atomic E-state index is 11.8. The fraction of sp³-hybridized carbons (Fsp3) is 0.467. The van der Waals surface area contributed by atoms with Crippen LogP contribution >= 0.6 is 0 Å². The summed E-state index contributed by atoms with van der Waals surface area (Å²) in [6, 6.07) is 5.93. The first-order valence-corrected chi connectivity index (χ1v) is 6.83. The van der Waals surface area contributed by atoms with Gasteiger partial charge in [-0.2, -0.15) is 0 Å². The Morgan fingerprint density at radius 3 is 2.60 bits per heavy atom. The van der Waals surface area contributed by atoms with E-state index < -0.39 is 5.97 Å². The summed E-state index contributed by atoms with van der Waals surface area (Å²) in [4.78, 5) is 22.6. The summed E-state index contributed by atoms with van der Waals surface area (Å²) in [6.45, 7) is 6.22. The fourth-order valence-electron chi connectivity index (χ4n) is 1.95. The number of carbonyl (C=O) groups is 2. The van der Waals surface area contributed by atoms with E-state index >= 15 is 0 Å². The van der Waals surface area contributed by atoms with Crippen molar-refractivity contribution in [3.8, 4) is 0 Å². The quantitative estimate of drug-likeness (QED) is 0.746. The lowest BCUT2D eigenvalue weighted by atomic mass is 10.0. The molecule has 0 saturated heterocycles. The van der Waals surface area contributed by atoms with Gasteiger partial charge in [0.25, 0.3) is 0 Å². The Morgan fingerprint density at radius 1 is 1.30 bits per heavy atom. The molecular weight excluding hydrogens is 256 g/mol. The normalized spacial score (nSPS) is 13.3. The van der Waals surface area contributed by atoms with Crippen LogP contribution < -0.4 is 10.6 Å². The van der Waals surface area contributed by atoms with Crippen LogP contribution in [0.4, 0.5) is 10.5 Å². The van der Waals surface area contributed by atoms with Crippen LogP contribution in [0.25, 0.3) is 0 Å². The summed E-state index contributed by atoms with van der Waals surface area (Å²) in [5.74, 6) is -0.458. The molecule has 2 amide bonds. The van der Waals surface area contributed by atoms with Crippen LogP contribution in [0.1, 0.15) is 44.0 Å². The first kappa shape index (κ1) is 16.0. The van der Waals surface area contributed by atoms with Crippen molar-refractivity contribution < 1.29 is 14.7 Å². The van der Waals surface area contributed by atoms with Crippen molar-refractivity contribution in [3.05, 3.63) is 29.8 Å². The molecule has 0 fully saturated rings. The Kier molecular flexibility index (Phi) is 6.03. The van der Waals surface area contributed by atoms with Crippen LogP contribution in [-0.4, -0.2) is 23.1 Å². The van der Waals surface area contributed by atoms with Crippen molar-refractivity contribution in [3.63, 3.8) is 0 Å². The number of nitrogens with one attached hydrogen (secondary N) is 2. The Bertz CT molecular complexity index is 474. The molecule has 5 nitrogen and oxygen atoms in total. The molecule has 5 heteroatoms. The molecular formula is C15H22N2O3. The second-order valence-electron chi connectivity index (χ2n) is 5.13. The smallest absolute Gasteiger partial charge is 0.335 e. The number of carboxylic acid groups (broad SMARTS) is 1. The standard InChI is InChI=1S/C15H22N2O3/c1-4-10(2)8-11(3)16-15(20)17-13-7-5-6-12(9-13)14(18)19/h5-7,9-11H,4,8H2,1-3H3,(H,18,19)(H2,16,17,20). The van der Waals surface area contributed by atoms with E-state index in [-0.39, 0.29) is 17.6 Å². The Hall–Kier alpha value is -2.04. The van der Waals surface area contributed by atoms with Gasteiger partial charge in [0.1, 0.15) is 0 Å². The molecule has 0 bridgehead atoms. The summed E-state index contributed by atoms with van der Waals surface area (Å²) >= 11 is 0. The highest BCUT2D eigenvalue weighted by atomic mass is 16.4. The average molecular weight is 278 g/mol. The van der Waals surface area contributed by atoms with Gasteiger partial charge in [-0.3, -0.25) is 0 Å². The van der Waals surface area contributed by atoms with Gasteiger partial charge < -0.3 is 15.7 Å². The monoisotopic (exact) mass is 278 g/mol. The highest BCUT2D eigenvalue weighted by Crippen LogP contribution is 2.12. The first-order chi connectivity index (χ1) is 9.42. The minimum Gasteiger partial charge on any atom is -0.478 e. The predicted octanol–water partition coefficient (Wildman–Crippen LogP) is 3.33. The molecule has 0 aliphatic heterocycles. The molecule has 3 N–H and O–H groups in total. The van der Waals surface area contributed by atoms with Gasteiger partial charge in [-0.05, 0) is 37.5 Å². The molecule has 20 heavy (non-hydrogen) atoms. The van der Waals surface area contributed by atoms with E-state index in [1.807, 2.05) is 6.92 Å². The number of benzene rings is 1. The van der Waals surface area contributed by atoms with E-state index in [4.69, 9.17) is 5.11 Å². The van der Waals surface area contributed by atoms with Crippen LogP contribution in [0.15, 0.2) is 24.3 Å². The third-order valence-electron chi connectivity index (χ3n) is 3.20. The van der Waals surface area contributed by atoms with Gasteiger partial charge in [0, 0.05) is 11.7 Å². The molecule has 0 aromatic heterocycles. The molecule has 0 heterocycles. The van der Waals surface area contributed by atoms with Crippen LogP contribution in [0.5, 0.6) is 0 Å². The van der Waals surface area contributed by atoms with Crippen LogP contribution in [0.2, 0.25) is 0 Å². The minimum atomic E-state index is -1.01. The number of rotatable bonds is 6. The number of anilines is 1. The van der Waals surface area contributed by atoms with Crippen LogP contribution in [-0.2, 0) is 0 Å². The molecule has 110 valence electrons. The molecule has 0 aliphatic rings. The van der Waals surface area contributed by atoms with Crippen molar-refractivity contribution in [2.75, 3.05) is 5.32 Å². The van der Waals surface area contributed by atoms with Crippen molar-refractivity contribution >= 4 is 17.7 Å². The molecule has 2 atom stereocenters. The van der Waals surface area contributed by atoms with Crippen LogP contribution in [0.3, 0.4) is 0 Å². The zero-order valence-electron chi connectivity index (χ0n) is 12.1. The molecule has 0 aliphatic carbocycles. The summed E-state index contributed by atoms with van der Waals surface area (Å²) in [5, 5.41) is 14.4. The van der Waals surface area contributed by atoms with Crippen molar-refractivity contribution in [1.29, 1.82) is 0 Å². The Morgan fingerprint density at radius 2 is 2.00 bits per heavy atom. The maximum Gasteiger partial charge on any atom is 0.335 e. The summed E-state index contributed by atoms with van der Waals surface area (Å²) in [5.41, 5.74) is 0.619. The largest absolute Gasteiger partial charge is 0.478 e. The molecule has 1 aromatic rings. The SMILES string of the molecule is CCC(C)CC(C)NC(=O)Nc1cccc(C(=O)O)c1. The maximum atomic E-state index is 11.8. The zero-order valence-corrected chi connectivity index (χ0v) is 12.1. The van der Waals surface area contributed by atoms with Gasteiger partial charge in [0.2, 0.25) is 0 Å². The third kappa shape index (κ3) is 5.30. The minimum absolute atomic E-state index is 0.0765. The van der Waals surface area contributed by atoms with E-state index in [0.717, 1.165) is 12.8 Å². The number of urea groups is 1. The van der Waals surface area contributed by atoms with E-state index in [0.29, 0.717) is 11.6 Å². The van der Waals surface area contributed by atoms with Gasteiger partial charge in [0.05, 0.1) is 5.56 Å². The van der Waals surface area contributed by atoms with Gasteiger partial charge in [0.15, 0.2) is 0 Å². The first-order valence-electron chi connectivity index (χ1n) is 6.83. The van der Waals surface area contributed by atoms with Crippen LogP contribution in [0, 0.1) is 5.92 Å². The predicted molar refractivity (Wildman–Crippen MR) is 79.1 cm³/mol. The molecule has 2 unspecified atom stereocenters. The van der Waals surface area contributed by atoms with Crippen molar-refractivity contribution in [1.82, 2.24) is 5.32 Å². The molecule has 1 aromatic carbocycles. The van der Waals surface area contributed by atoms with E-state index in [2.05, 4.69) is 24.5 Å². The summed E-state index contributed by atoms with van der Waals surface area (Å²) in [7, 11) is 0. The van der Waals surface area contributed by atoms with E-state index in [9.17, 15) is 9.59 Å². The lowest BCUT2D eigenvalue weighted by Crippen LogP contribution is -2.37. The van der Waals surface area contributed by atoms with Gasteiger partial charge in [-0.25, -0.2) is 9.59 Å². The molecule has 0 spiro atoms. The second-order valence-corrected chi connectivity index (χ2v) is 5.13. The lowest BCUT2D eigenvalue weighted by Gasteiger charge is -2.18. The van der Waals surface area contributed by atoms with Crippen molar-refractivity contribution in [2.45, 2.75) is 39.7 Å². The second kappa shape index (κ2) is 7.53. The zero-order chi connectivity index (χ0) is 15.1. The number of hydrogen-bond donors (Lipinski definition) is 3. The van der Waals surface area contributed by atoms with E-state index in [1.54, 1.807) is 12.1 Å². The fourth-order valence-corrected chi connectivity index (χ4v) is 1.95. The molecule has 1 rings (SSSR count). The molecule has 0 saturated carbocycles. The Labute approximate surface area is 119 Å². The topological polar surface area (TPSA) is 78.4 Å². The number of hydrogen-bond acceptors (Lipinski definition) is 2. The highest BCUT2D eigenvalue weighted by Gasteiger charge is 2.11.